The molecule has 2 saturated carbocycles. The second-order valence-corrected chi connectivity index (χ2v) is 12.3. The number of aromatic nitrogens is 2. The van der Waals surface area contributed by atoms with Gasteiger partial charge in [0.05, 0.1) is 5.54 Å². The molecule has 2 aliphatic carbocycles. The van der Waals surface area contributed by atoms with Gasteiger partial charge >= 0.3 is 11.7 Å². The molecule has 4 fully saturated rings. The van der Waals surface area contributed by atoms with Crippen LogP contribution in [0, 0.1) is 11.8 Å². The fourth-order valence-electron chi connectivity index (χ4n) is 6.33. The van der Waals surface area contributed by atoms with Crippen LogP contribution in [0.4, 0.5) is 10.6 Å². The van der Waals surface area contributed by atoms with Crippen molar-refractivity contribution in [3.63, 3.8) is 0 Å². The quantitative estimate of drug-likeness (QED) is 0.500. The molecule has 38 heavy (non-hydrogen) atoms. The number of rotatable bonds is 5. The lowest BCUT2D eigenvalue weighted by Gasteiger charge is -2.37. The first kappa shape index (κ1) is 28.8. The SMILES string of the molecule is CC(C)(N)C(=O)N1CCN(C(=O)Nc2ccn(C3CCC(CN4CCC5(N)CC5C4)CC3)c(=O)n2)CC1.Cl. The normalized spacial score (nSPS) is 29.7. The van der Waals surface area contributed by atoms with Crippen LogP contribution in [-0.2, 0) is 4.79 Å². The summed E-state index contributed by atoms with van der Waals surface area (Å²) >= 11 is 0. The van der Waals surface area contributed by atoms with Crippen LogP contribution >= 0.6 is 12.4 Å². The molecule has 2 saturated heterocycles. The number of piperidine rings is 1. The summed E-state index contributed by atoms with van der Waals surface area (Å²) in [7, 11) is 0. The van der Waals surface area contributed by atoms with Crippen LogP contribution in [-0.4, -0.2) is 93.1 Å². The largest absolute Gasteiger partial charge is 0.349 e. The summed E-state index contributed by atoms with van der Waals surface area (Å²) in [6.45, 7) is 8.43. The number of halogens is 1. The second-order valence-electron chi connectivity index (χ2n) is 12.3. The average molecular weight is 551 g/mol. The van der Waals surface area contributed by atoms with Gasteiger partial charge in [-0.25, -0.2) is 9.59 Å². The summed E-state index contributed by atoms with van der Waals surface area (Å²) in [5, 5.41) is 2.74. The number of hydrogen-bond acceptors (Lipinski definition) is 7. The third-order valence-electron chi connectivity index (χ3n) is 8.85. The molecule has 1 aromatic rings. The molecule has 0 radical (unpaired) electrons. The van der Waals surface area contributed by atoms with Crippen molar-refractivity contribution in [3.8, 4) is 0 Å². The maximum absolute atomic E-state index is 12.8. The maximum atomic E-state index is 12.8. The Bertz CT molecular complexity index is 1070. The molecule has 2 aliphatic heterocycles. The Kier molecular flexibility index (Phi) is 8.42. The number of amides is 3. The highest BCUT2D eigenvalue weighted by atomic mass is 35.5. The number of fused-ring (bicyclic) bond motifs is 1. The van der Waals surface area contributed by atoms with Gasteiger partial charge in [-0.2, -0.15) is 4.98 Å². The zero-order valence-electron chi connectivity index (χ0n) is 22.6. The Balaban J connectivity index is 0.00000336. The second kappa shape index (κ2) is 11.1. The van der Waals surface area contributed by atoms with Crippen molar-refractivity contribution in [2.45, 2.75) is 69.5 Å². The van der Waals surface area contributed by atoms with Crippen LogP contribution < -0.4 is 22.5 Å². The van der Waals surface area contributed by atoms with E-state index >= 15 is 0 Å². The number of likely N-dealkylation sites (tertiary alicyclic amines) is 1. The molecule has 0 bridgehead atoms. The first-order valence-corrected chi connectivity index (χ1v) is 13.8. The number of nitrogens with one attached hydrogen (secondary N) is 1. The summed E-state index contributed by atoms with van der Waals surface area (Å²) in [6.07, 6.45) is 8.24. The first-order chi connectivity index (χ1) is 17.5. The van der Waals surface area contributed by atoms with E-state index in [0.717, 1.165) is 51.7 Å². The summed E-state index contributed by atoms with van der Waals surface area (Å²) in [4.78, 5) is 47.9. The van der Waals surface area contributed by atoms with Gasteiger partial charge in [0.2, 0.25) is 5.91 Å². The summed E-state index contributed by atoms with van der Waals surface area (Å²) < 4.78 is 1.72. The Morgan fingerprint density at radius 3 is 2.37 bits per heavy atom. The number of anilines is 1. The zero-order valence-corrected chi connectivity index (χ0v) is 23.4. The van der Waals surface area contributed by atoms with Gasteiger partial charge in [-0.3, -0.25) is 14.7 Å². The molecule has 1 aromatic heterocycles. The summed E-state index contributed by atoms with van der Waals surface area (Å²) in [6, 6.07) is 1.53. The molecule has 3 heterocycles. The average Bonchev–Trinajstić information content (AvgIpc) is 3.54. The van der Waals surface area contributed by atoms with Crippen molar-refractivity contribution >= 4 is 30.2 Å². The maximum Gasteiger partial charge on any atom is 0.349 e. The van der Waals surface area contributed by atoms with Gasteiger partial charge in [0.25, 0.3) is 0 Å². The van der Waals surface area contributed by atoms with Crippen LogP contribution in [0.1, 0.15) is 58.4 Å². The smallest absolute Gasteiger partial charge is 0.338 e. The van der Waals surface area contributed by atoms with Crippen molar-refractivity contribution in [2.24, 2.45) is 23.3 Å². The number of nitrogens with zero attached hydrogens (tertiary/aromatic N) is 5. The molecule has 0 spiro atoms. The predicted octanol–water partition coefficient (Wildman–Crippen LogP) is 1.23. The van der Waals surface area contributed by atoms with E-state index in [-0.39, 0.29) is 47.4 Å². The Morgan fingerprint density at radius 1 is 1.11 bits per heavy atom. The van der Waals surface area contributed by atoms with E-state index < -0.39 is 5.54 Å². The van der Waals surface area contributed by atoms with Crippen LogP contribution in [0.5, 0.6) is 0 Å². The number of nitrogens with two attached hydrogens (primary N) is 2. The van der Waals surface area contributed by atoms with Crippen LogP contribution in [0.3, 0.4) is 0 Å². The minimum Gasteiger partial charge on any atom is -0.338 e. The highest BCUT2D eigenvalue weighted by Gasteiger charge is 2.53. The predicted molar refractivity (Wildman–Crippen MR) is 148 cm³/mol. The van der Waals surface area contributed by atoms with E-state index in [1.165, 1.54) is 6.42 Å². The highest BCUT2D eigenvalue weighted by Crippen LogP contribution is 2.47. The molecule has 2 unspecified atom stereocenters. The molecule has 12 heteroatoms. The van der Waals surface area contributed by atoms with E-state index in [4.69, 9.17) is 11.5 Å². The van der Waals surface area contributed by atoms with Crippen LogP contribution in [0.2, 0.25) is 0 Å². The highest BCUT2D eigenvalue weighted by molar-refractivity contribution is 5.89. The molecule has 3 amide bonds. The summed E-state index contributed by atoms with van der Waals surface area (Å²) in [5.74, 6) is 1.50. The van der Waals surface area contributed by atoms with Gasteiger partial charge in [-0.1, -0.05) is 0 Å². The van der Waals surface area contributed by atoms with E-state index in [1.54, 1.807) is 40.5 Å². The molecule has 5 rings (SSSR count). The number of carbonyl (C=O) groups excluding carboxylic acids is 2. The third-order valence-corrected chi connectivity index (χ3v) is 8.85. The molecular formula is C26H43ClN8O3. The van der Waals surface area contributed by atoms with E-state index in [9.17, 15) is 14.4 Å². The fraction of sp³-hybridized carbons (Fsp3) is 0.769. The minimum atomic E-state index is -0.931. The van der Waals surface area contributed by atoms with Crippen molar-refractivity contribution in [1.82, 2.24) is 24.3 Å². The topological polar surface area (TPSA) is 143 Å². The van der Waals surface area contributed by atoms with Gasteiger partial charge < -0.3 is 26.2 Å². The lowest BCUT2D eigenvalue weighted by molar-refractivity contribution is -0.137. The fourth-order valence-corrected chi connectivity index (χ4v) is 6.33. The van der Waals surface area contributed by atoms with E-state index in [0.29, 0.717) is 38.0 Å². The van der Waals surface area contributed by atoms with Crippen molar-refractivity contribution in [2.75, 3.05) is 51.1 Å². The molecule has 0 aromatic carbocycles. The lowest BCUT2D eigenvalue weighted by atomic mass is 9.85. The molecule has 4 aliphatic rings. The Hall–Kier alpha value is -2.21. The lowest BCUT2D eigenvalue weighted by Crippen LogP contribution is -2.58. The standard InChI is InChI=1S/C26H42N8O3.ClH/c1-25(2,27)22(35)32-11-13-33(14-12-32)23(36)29-21-7-9-34(24(37)30-21)20-5-3-18(4-6-20)16-31-10-8-26(28)15-19(26)17-31;/h7,9,18-20H,3-6,8,10-17,27-28H2,1-2H3,(H,29,30,36,37);1H. The number of carbonyl (C=O) groups is 2. The minimum absolute atomic E-state index is 0. The first-order valence-electron chi connectivity index (χ1n) is 13.8. The van der Waals surface area contributed by atoms with Crippen molar-refractivity contribution in [1.29, 1.82) is 0 Å². The number of piperazine rings is 1. The van der Waals surface area contributed by atoms with Gasteiger partial charge in [0, 0.05) is 57.0 Å². The third kappa shape index (κ3) is 6.32. The zero-order chi connectivity index (χ0) is 26.4. The van der Waals surface area contributed by atoms with E-state index in [2.05, 4.69) is 15.2 Å². The Morgan fingerprint density at radius 2 is 1.76 bits per heavy atom. The molecule has 2 atom stereocenters. The molecule has 5 N–H and O–H groups in total. The molecule has 11 nitrogen and oxygen atoms in total. The van der Waals surface area contributed by atoms with Gasteiger partial charge in [-0.15, -0.1) is 12.4 Å². The number of hydrogen-bond donors (Lipinski definition) is 3. The van der Waals surface area contributed by atoms with Crippen molar-refractivity contribution < 1.29 is 9.59 Å². The molecular weight excluding hydrogens is 508 g/mol. The Labute approximate surface area is 230 Å². The monoisotopic (exact) mass is 550 g/mol. The van der Waals surface area contributed by atoms with Crippen LogP contribution in [0.15, 0.2) is 17.1 Å². The van der Waals surface area contributed by atoms with Gasteiger partial charge in [0.15, 0.2) is 0 Å². The van der Waals surface area contributed by atoms with Crippen LogP contribution in [0.25, 0.3) is 0 Å². The summed E-state index contributed by atoms with van der Waals surface area (Å²) in [5.41, 5.74) is 11.1. The van der Waals surface area contributed by atoms with Crippen molar-refractivity contribution in [3.05, 3.63) is 22.7 Å². The molecule has 212 valence electrons. The van der Waals surface area contributed by atoms with E-state index in [1.807, 2.05) is 0 Å². The van der Waals surface area contributed by atoms with Gasteiger partial charge in [0.1, 0.15) is 5.82 Å². The van der Waals surface area contributed by atoms with Gasteiger partial charge in [-0.05, 0) is 76.8 Å². The number of urea groups is 1.